The first-order chi connectivity index (χ1) is 28.2. The van der Waals surface area contributed by atoms with Crippen molar-refractivity contribution in [2.24, 2.45) is 5.73 Å². The van der Waals surface area contributed by atoms with Crippen molar-refractivity contribution < 1.29 is 40.6 Å². The second-order valence-electron chi connectivity index (χ2n) is 13.8. The SMILES string of the molecule is C1CCOC1.CCn1nc(-c2cccc(C3(N)CC3)c2)cc1Oc1ccc(C(F)(F)F)cc1.[C-]#[N+]c1cccc(-c2cc(Oc3ccc(C(F)(F)F)cc3)n(CC)n2)c1. The highest BCUT2D eigenvalue weighted by atomic mass is 19.4. The molecule has 1 saturated carbocycles. The lowest BCUT2D eigenvalue weighted by atomic mass is 10.0. The molecule has 9 nitrogen and oxygen atoms in total. The average Bonchev–Trinajstić information content (AvgIpc) is 3.63. The molecule has 0 bridgehead atoms. The molecular formula is C44H42F6N6O3. The molecule has 59 heavy (non-hydrogen) atoms. The Kier molecular flexibility index (Phi) is 13.1. The number of hydrogen-bond acceptors (Lipinski definition) is 6. The van der Waals surface area contributed by atoms with Crippen LogP contribution in [0, 0.1) is 6.57 Å². The number of benzene rings is 4. The number of nitrogens with two attached hydrogens (primary N) is 1. The highest BCUT2D eigenvalue weighted by molar-refractivity contribution is 5.66. The zero-order valence-corrected chi connectivity index (χ0v) is 32.4. The Morgan fingerprint density at radius 1 is 0.678 bits per heavy atom. The molecule has 1 aliphatic carbocycles. The van der Waals surface area contributed by atoms with E-state index in [-0.39, 0.29) is 11.3 Å². The maximum Gasteiger partial charge on any atom is 0.416 e. The Hall–Kier alpha value is -6.11. The van der Waals surface area contributed by atoms with Crippen LogP contribution in [0.2, 0.25) is 0 Å². The second kappa shape index (κ2) is 18.2. The highest BCUT2D eigenvalue weighted by Gasteiger charge is 2.40. The minimum absolute atomic E-state index is 0.233. The summed E-state index contributed by atoms with van der Waals surface area (Å²) in [5.74, 6) is 1.49. The summed E-state index contributed by atoms with van der Waals surface area (Å²) in [5, 5.41) is 9.00. The van der Waals surface area contributed by atoms with Crippen LogP contribution in [0.15, 0.2) is 109 Å². The highest BCUT2D eigenvalue weighted by Crippen LogP contribution is 2.43. The van der Waals surface area contributed by atoms with Crippen molar-refractivity contribution in [1.82, 2.24) is 19.6 Å². The molecule has 2 N–H and O–H groups in total. The fraction of sp³-hybridized carbons (Fsp3) is 0.295. The van der Waals surface area contributed by atoms with Crippen LogP contribution in [0.3, 0.4) is 0 Å². The van der Waals surface area contributed by atoms with Gasteiger partial charge in [-0.1, -0.05) is 36.4 Å². The van der Waals surface area contributed by atoms with Gasteiger partial charge in [0.25, 0.3) is 0 Å². The number of hydrogen-bond donors (Lipinski definition) is 1. The van der Waals surface area contributed by atoms with E-state index in [0.29, 0.717) is 42.0 Å². The molecule has 1 saturated heterocycles. The summed E-state index contributed by atoms with van der Waals surface area (Å²) >= 11 is 0. The van der Waals surface area contributed by atoms with Crippen molar-refractivity contribution in [1.29, 1.82) is 0 Å². The van der Waals surface area contributed by atoms with Crippen LogP contribution in [0.1, 0.15) is 56.2 Å². The van der Waals surface area contributed by atoms with Gasteiger partial charge in [0.05, 0.1) is 29.1 Å². The first kappa shape index (κ1) is 42.5. The Bertz CT molecular complexity index is 2350. The first-order valence-corrected chi connectivity index (χ1v) is 19.0. The van der Waals surface area contributed by atoms with Gasteiger partial charge in [-0.15, -0.1) is 0 Å². The second-order valence-corrected chi connectivity index (χ2v) is 13.8. The van der Waals surface area contributed by atoms with Gasteiger partial charge < -0.3 is 19.9 Å². The number of aromatic nitrogens is 4. The van der Waals surface area contributed by atoms with Crippen molar-refractivity contribution in [3.05, 3.63) is 137 Å². The zero-order chi connectivity index (χ0) is 42.2. The van der Waals surface area contributed by atoms with Crippen molar-refractivity contribution in [3.8, 4) is 45.8 Å². The van der Waals surface area contributed by atoms with E-state index in [1.165, 1.54) is 37.1 Å². The van der Waals surface area contributed by atoms with E-state index in [0.717, 1.165) is 72.7 Å². The Morgan fingerprint density at radius 2 is 1.14 bits per heavy atom. The topological polar surface area (TPSA) is 93.7 Å². The van der Waals surface area contributed by atoms with E-state index in [2.05, 4.69) is 15.0 Å². The minimum atomic E-state index is -4.38. The Labute approximate surface area is 337 Å². The molecule has 4 aromatic carbocycles. The van der Waals surface area contributed by atoms with Gasteiger partial charge in [-0.05, 0) is 111 Å². The fourth-order valence-electron chi connectivity index (χ4n) is 6.02. The van der Waals surface area contributed by atoms with Crippen molar-refractivity contribution in [2.45, 2.75) is 70.5 Å². The molecule has 0 atom stereocenters. The van der Waals surface area contributed by atoms with Gasteiger partial charge in [0.1, 0.15) is 11.5 Å². The molecule has 0 spiro atoms. The van der Waals surface area contributed by atoms with Crippen LogP contribution in [0.4, 0.5) is 32.0 Å². The van der Waals surface area contributed by atoms with Gasteiger partial charge in [-0.25, -0.2) is 14.2 Å². The summed E-state index contributed by atoms with van der Waals surface area (Å²) in [6.45, 7) is 14.0. The number of halogens is 6. The van der Waals surface area contributed by atoms with Gasteiger partial charge in [-0.2, -0.15) is 36.5 Å². The molecule has 15 heteroatoms. The molecule has 2 aliphatic rings. The summed E-state index contributed by atoms with van der Waals surface area (Å²) in [6.07, 6.45) is -4.25. The summed E-state index contributed by atoms with van der Waals surface area (Å²) in [7, 11) is 0. The van der Waals surface area contributed by atoms with Gasteiger partial charge >= 0.3 is 12.4 Å². The molecule has 308 valence electrons. The van der Waals surface area contributed by atoms with Crippen LogP contribution in [0.5, 0.6) is 23.3 Å². The van der Waals surface area contributed by atoms with Gasteiger partial charge in [0.2, 0.25) is 11.8 Å². The quantitative estimate of drug-likeness (QED) is 0.115. The van der Waals surface area contributed by atoms with Crippen LogP contribution >= 0.6 is 0 Å². The normalized spacial score (nSPS) is 14.3. The predicted molar refractivity (Wildman–Crippen MR) is 211 cm³/mol. The molecule has 0 amide bonds. The van der Waals surface area contributed by atoms with E-state index in [1.54, 1.807) is 39.7 Å². The molecule has 8 rings (SSSR count). The number of ether oxygens (including phenoxy) is 3. The van der Waals surface area contributed by atoms with E-state index < -0.39 is 23.5 Å². The maximum atomic E-state index is 12.7. The van der Waals surface area contributed by atoms with E-state index in [9.17, 15) is 26.3 Å². The molecule has 0 radical (unpaired) electrons. The van der Waals surface area contributed by atoms with Crippen LogP contribution in [0.25, 0.3) is 27.4 Å². The third-order valence-corrected chi connectivity index (χ3v) is 9.51. The van der Waals surface area contributed by atoms with Gasteiger partial charge in [0.15, 0.2) is 5.69 Å². The zero-order valence-electron chi connectivity index (χ0n) is 32.4. The standard InChI is InChI=1S/C21H20F3N3O.C19H14F3N3O.C4H8O/c1-2-27-19(28-17-8-6-15(7-9-17)21(22,23)24)13-18(26-27)14-4-3-5-16(12-14)20(25)10-11-20;1-3-25-18(26-16-9-7-14(8-10-16)19(20,21)22)12-17(24-25)13-5-4-6-15(11-13)23-2;1-2-4-5-3-1/h3-9,12-13H,2,10-11,25H2,1H3;4-12H,3H2,1H3;1-4H2. The van der Waals surface area contributed by atoms with Crippen molar-refractivity contribution in [3.63, 3.8) is 0 Å². The number of alkyl halides is 6. The largest absolute Gasteiger partial charge is 0.439 e. The van der Waals surface area contributed by atoms with Crippen LogP contribution in [-0.2, 0) is 35.7 Å². The van der Waals surface area contributed by atoms with E-state index >= 15 is 0 Å². The monoisotopic (exact) mass is 816 g/mol. The lowest BCUT2D eigenvalue weighted by Crippen LogP contribution is -2.18. The number of rotatable bonds is 9. The van der Waals surface area contributed by atoms with E-state index in [4.69, 9.17) is 26.5 Å². The van der Waals surface area contributed by atoms with Crippen molar-refractivity contribution in [2.75, 3.05) is 13.2 Å². The molecule has 1 aliphatic heterocycles. The lowest BCUT2D eigenvalue weighted by Gasteiger charge is -2.09. The third kappa shape index (κ3) is 11.1. The van der Waals surface area contributed by atoms with Gasteiger partial charge in [-0.3, -0.25) is 0 Å². The summed E-state index contributed by atoms with van der Waals surface area (Å²) in [4.78, 5) is 3.39. The molecule has 0 unspecified atom stereocenters. The van der Waals surface area contributed by atoms with Crippen LogP contribution in [-0.4, -0.2) is 32.8 Å². The third-order valence-electron chi connectivity index (χ3n) is 9.51. The van der Waals surface area contributed by atoms with Crippen LogP contribution < -0.4 is 15.2 Å². The van der Waals surface area contributed by atoms with Crippen molar-refractivity contribution >= 4 is 5.69 Å². The fourth-order valence-corrected chi connectivity index (χ4v) is 6.02. The lowest BCUT2D eigenvalue weighted by molar-refractivity contribution is -0.138. The predicted octanol–water partition coefficient (Wildman–Crippen LogP) is 12.1. The number of nitrogens with zero attached hydrogens (tertiary/aromatic N) is 5. The minimum Gasteiger partial charge on any atom is -0.439 e. The first-order valence-electron chi connectivity index (χ1n) is 19.0. The summed E-state index contributed by atoms with van der Waals surface area (Å²) in [6, 6.07) is 27.6. The average molecular weight is 817 g/mol. The Balaban J connectivity index is 0.000000177. The summed E-state index contributed by atoms with van der Waals surface area (Å²) < 4.78 is 95.8. The molecular weight excluding hydrogens is 775 g/mol. The van der Waals surface area contributed by atoms with E-state index in [1.807, 2.05) is 44.2 Å². The number of aryl methyl sites for hydroxylation is 2. The Morgan fingerprint density at radius 3 is 1.53 bits per heavy atom. The smallest absolute Gasteiger partial charge is 0.416 e. The summed E-state index contributed by atoms with van der Waals surface area (Å²) in [5.41, 5.74) is 9.25. The molecule has 2 fully saturated rings. The molecule has 2 aromatic heterocycles. The maximum absolute atomic E-state index is 12.7. The molecule has 6 aromatic rings. The van der Waals surface area contributed by atoms with Gasteiger partial charge in [0, 0.05) is 49.5 Å². The molecule has 3 heterocycles.